The highest BCUT2D eigenvalue weighted by Crippen LogP contribution is 2.26. The fraction of sp³-hybridized carbons (Fsp3) is 0.250. The molecule has 0 N–H and O–H groups in total. The Balaban J connectivity index is 1.67. The number of ether oxygens (including phenoxy) is 3. The van der Waals surface area contributed by atoms with Crippen LogP contribution in [0.25, 0.3) is 16.6 Å². The van der Waals surface area contributed by atoms with E-state index in [1.54, 1.807) is 24.3 Å². The van der Waals surface area contributed by atoms with Crippen molar-refractivity contribution in [3.05, 3.63) is 75.4 Å². The van der Waals surface area contributed by atoms with Crippen LogP contribution in [0.1, 0.15) is 30.7 Å². The lowest BCUT2D eigenvalue weighted by atomic mass is 10.1. The second kappa shape index (κ2) is 11.0. The van der Waals surface area contributed by atoms with Gasteiger partial charge in [-0.25, -0.2) is 9.78 Å². The Morgan fingerprint density at radius 2 is 1.84 bits per heavy atom. The molecule has 0 spiro atoms. The van der Waals surface area contributed by atoms with Gasteiger partial charge in [0.25, 0.3) is 0 Å². The highest BCUT2D eigenvalue weighted by atomic mass is 35.5. The van der Waals surface area contributed by atoms with Gasteiger partial charge in [-0.3, -0.25) is 0 Å². The number of carbonyl (C=O) groups is 1. The highest BCUT2D eigenvalue weighted by molar-refractivity contribution is 7.13. The van der Waals surface area contributed by atoms with Crippen LogP contribution in [0.4, 0.5) is 0 Å². The summed E-state index contributed by atoms with van der Waals surface area (Å²) >= 11 is 7.52. The summed E-state index contributed by atoms with van der Waals surface area (Å²) in [5.41, 5.74) is 3.71. The van der Waals surface area contributed by atoms with Crippen LogP contribution in [0.2, 0.25) is 5.02 Å². The van der Waals surface area contributed by atoms with Crippen LogP contribution >= 0.6 is 22.9 Å². The van der Waals surface area contributed by atoms with Crippen molar-refractivity contribution in [1.82, 2.24) is 4.98 Å². The average Bonchev–Trinajstić information content (AvgIpc) is 3.23. The Hall–Kier alpha value is -2.83. The van der Waals surface area contributed by atoms with Gasteiger partial charge in [0, 0.05) is 16.0 Å². The third kappa shape index (κ3) is 6.32. The molecule has 3 rings (SSSR count). The lowest BCUT2D eigenvalue weighted by Gasteiger charge is -2.10. The van der Waals surface area contributed by atoms with Crippen LogP contribution in [0.3, 0.4) is 0 Å². The molecule has 0 radical (unpaired) electrons. The van der Waals surface area contributed by atoms with Gasteiger partial charge in [-0.15, -0.1) is 11.3 Å². The molecular formula is C24H24ClNO4S. The largest absolute Gasteiger partial charge is 0.487 e. The normalized spacial score (nSPS) is 11.3. The van der Waals surface area contributed by atoms with Gasteiger partial charge in [-0.2, -0.15) is 0 Å². The SMILES string of the molecule is CCOC(=O)/C(=C/c1ccc(OCc2csc(-c3ccc(Cl)cc3)n2)cc1C)OCC. The second-order valence-corrected chi connectivity index (χ2v) is 7.91. The molecule has 1 aromatic heterocycles. The van der Waals surface area contributed by atoms with Crippen molar-refractivity contribution in [3.8, 4) is 16.3 Å². The lowest BCUT2D eigenvalue weighted by Crippen LogP contribution is -2.10. The van der Waals surface area contributed by atoms with Gasteiger partial charge in [-0.05, 0) is 62.2 Å². The number of thiazole rings is 1. The molecule has 0 unspecified atom stereocenters. The van der Waals surface area contributed by atoms with E-state index in [4.69, 9.17) is 25.8 Å². The van der Waals surface area contributed by atoms with Gasteiger partial charge < -0.3 is 14.2 Å². The monoisotopic (exact) mass is 457 g/mol. The van der Waals surface area contributed by atoms with E-state index in [1.807, 2.05) is 61.7 Å². The third-order valence-corrected chi connectivity index (χ3v) is 5.53. The molecule has 2 aromatic carbocycles. The minimum absolute atomic E-state index is 0.193. The van der Waals surface area contributed by atoms with E-state index < -0.39 is 5.97 Å². The van der Waals surface area contributed by atoms with E-state index in [-0.39, 0.29) is 5.76 Å². The number of hydrogen-bond donors (Lipinski definition) is 0. The van der Waals surface area contributed by atoms with E-state index in [2.05, 4.69) is 4.98 Å². The van der Waals surface area contributed by atoms with Crippen LogP contribution in [0, 0.1) is 6.92 Å². The summed E-state index contributed by atoms with van der Waals surface area (Å²) in [7, 11) is 0. The van der Waals surface area contributed by atoms with Gasteiger partial charge in [0.2, 0.25) is 5.76 Å². The molecule has 0 atom stereocenters. The number of benzene rings is 2. The number of hydrogen-bond acceptors (Lipinski definition) is 6. The average molecular weight is 458 g/mol. The molecule has 0 aliphatic rings. The van der Waals surface area contributed by atoms with E-state index >= 15 is 0 Å². The molecule has 1 heterocycles. The minimum Gasteiger partial charge on any atom is -0.487 e. The van der Waals surface area contributed by atoms with Crippen LogP contribution < -0.4 is 4.74 Å². The first kappa shape index (κ1) is 22.8. The summed E-state index contributed by atoms with van der Waals surface area (Å²) in [6.45, 7) is 6.59. The van der Waals surface area contributed by atoms with Gasteiger partial charge in [0.05, 0.1) is 18.9 Å². The van der Waals surface area contributed by atoms with Crippen LogP contribution in [-0.2, 0) is 20.9 Å². The molecular weight excluding hydrogens is 434 g/mol. The summed E-state index contributed by atoms with van der Waals surface area (Å²) < 4.78 is 16.4. The van der Waals surface area contributed by atoms with Crippen LogP contribution in [0.15, 0.2) is 53.6 Å². The highest BCUT2D eigenvalue weighted by Gasteiger charge is 2.13. The number of halogens is 1. The van der Waals surface area contributed by atoms with E-state index in [0.29, 0.717) is 24.8 Å². The molecule has 0 bridgehead atoms. The predicted molar refractivity (Wildman–Crippen MR) is 124 cm³/mol. The van der Waals surface area contributed by atoms with Gasteiger partial charge in [0.1, 0.15) is 17.4 Å². The number of rotatable bonds is 9. The van der Waals surface area contributed by atoms with Crippen molar-refractivity contribution < 1.29 is 19.0 Å². The molecule has 7 heteroatoms. The summed E-state index contributed by atoms with van der Waals surface area (Å²) in [4.78, 5) is 16.7. The first-order chi connectivity index (χ1) is 15.0. The first-order valence-corrected chi connectivity index (χ1v) is 11.2. The Labute approximate surface area is 191 Å². The Kier molecular flexibility index (Phi) is 8.09. The van der Waals surface area contributed by atoms with Crippen LogP contribution in [0.5, 0.6) is 5.75 Å². The minimum atomic E-state index is -0.468. The Morgan fingerprint density at radius 3 is 2.52 bits per heavy atom. The van der Waals surface area contributed by atoms with Crippen molar-refractivity contribution in [1.29, 1.82) is 0 Å². The predicted octanol–water partition coefficient (Wildman–Crippen LogP) is 6.29. The van der Waals surface area contributed by atoms with Crippen molar-refractivity contribution in [2.24, 2.45) is 0 Å². The first-order valence-electron chi connectivity index (χ1n) is 9.95. The number of esters is 1. The van der Waals surface area contributed by atoms with Gasteiger partial charge >= 0.3 is 5.97 Å². The van der Waals surface area contributed by atoms with E-state index in [9.17, 15) is 4.79 Å². The number of aryl methyl sites for hydroxylation is 1. The summed E-state index contributed by atoms with van der Waals surface area (Å²) in [6.07, 6.45) is 1.69. The maximum absolute atomic E-state index is 12.0. The molecule has 0 aliphatic carbocycles. The summed E-state index contributed by atoms with van der Waals surface area (Å²) in [5, 5.41) is 3.62. The second-order valence-electron chi connectivity index (χ2n) is 6.62. The summed E-state index contributed by atoms with van der Waals surface area (Å²) in [6, 6.07) is 13.3. The fourth-order valence-corrected chi connectivity index (χ4v) is 3.75. The maximum atomic E-state index is 12.0. The number of aromatic nitrogens is 1. The Bertz CT molecular complexity index is 1060. The summed E-state index contributed by atoms with van der Waals surface area (Å²) in [5.74, 6) is 0.451. The van der Waals surface area contributed by atoms with E-state index in [1.165, 1.54) is 0 Å². The van der Waals surface area contributed by atoms with Crippen molar-refractivity contribution in [2.75, 3.05) is 13.2 Å². The van der Waals surface area contributed by atoms with Crippen molar-refractivity contribution >= 4 is 35.0 Å². The Morgan fingerprint density at radius 1 is 1.10 bits per heavy atom. The topological polar surface area (TPSA) is 57.7 Å². The molecule has 162 valence electrons. The molecule has 0 aliphatic heterocycles. The molecule has 31 heavy (non-hydrogen) atoms. The molecule has 3 aromatic rings. The smallest absolute Gasteiger partial charge is 0.373 e. The zero-order valence-corrected chi connectivity index (χ0v) is 19.3. The zero-order chi connectivity index (χ0) is 22.2. The van der Waals surface area contributed by atoms with E-state index in [0.717, 1.165) is 33.1 Å². The zero-order valence-electron chi connectivity index (χ0n) is 17.7. The lowest BCUT2D eigenvalue weighted by molar-refractivity contribution is -0.142. The number of nitrogens with zero attached hydrogens (tertiary/aromatic N) is 1. The molecule has 0 fully saturated rings. The molecule has 0 saturated heterocycles. The molecule has 0 amide bonds. The standard InChI is InChI=1S/C24H24ClNO4S/c1-4-28-22(24(27)29-5-2)13-18-8-11-21(12-16(18)3)30-14-20-15-31-23(26-20)17-6-9-19(25)10-7-17/h6-13,15H,4-5,14H2,1-3H3/b22-13-. The molecule has 5 nitrogen and oxygen atoms in total. The van der Waals surface area contributed by atoms with Crippen molar-refractivity contribution in [2.45, 2.75) is 27.4 Å². The number of carbonyl (C=O) groups excluding carboxylic acids is 1. The maximum Gasteiger partial charge on any atom is 0.373 e. The van der Waals surface area contributed by atoms with Gasteiger partial charge in [-0.1, -0.05) is 29.8 Å². The van der Waals surface area contributed by atoms with Crippen molar-refractivity contribution in [3.63, 3.8) is 0 Å². The third-order valence-electron chi connectivity index (χ3n) is 4.33. The fourth-order valence-electron chi connectivity index (χ4n) is 2.81. The van der Waals surface area contributed by atoms with Gasteiger partial charge in [0.15, 0.2) is 0 Å². The van der Waals surface area contributed by atoms with Crippen LogP contribution in [-0.4, -0.2) is 24.2 Å². The quantitative estimate of drug-likeness (QED) is 0.214. The molecule has 0 saturated carbocycles.